The summed E-state index contributed by atoms with van der Waals surface area (Å²) in [5, 5.41) is 0. The molecule has 2 heterocycles. The van der Waals surface area contributed by atoms with Crippen LogP contribution >= 0.6 is 0 Å². The number of nitrogens with one attached hydrogen (secondary N) is 2. The van der Waals surface area contributed by atoms with Crippen LogP contribution < -0.4 is 16.2 Å². The summed E-state index contributed by atoms with van der Waals surface area (Å²) in [6.07, 6.45) is 0. The zero-order valence-electron chi connectivity index (χ0n) is 12.6. The van der Waals surface area contributed by atoms with Gasteiger partial charge < -0.3 is 4.42 Å². The van der Waals surface area contributed by atoms with E-state index in [9.17, 15) is 9.59 Å². The molecule has 0 spiro atoms. The highest BCUT2D eigenvalue weighted by Gasteiger charge is 2.24. The molecule has 0 radical (unpaired) electrons. The predicted molar refractivity (Wildman–Crippen MR) is 89.6 cm³/mol. The zero-order chi connectivity index (χ0) is 16.5. The highest BCUT2D eigenvalue weighted by molar-refractivity contribution is 5.81. The standard InChI is InChI=1S/C19H12N2O3/c22-17-16-14(12-7-3-1-4-8-12)11-15(13-9-5-2-6-10-13)24-18(16)21-19(23)20-17/h1-11H,(H,20,22,23)/p+1. The zero-order valence-corrected chi connectivity index (χ0v) is 12.6. The topological polar surface area (TPSA) is 77.2 Å². The Hall–Kier alpha value is -3.47. The van der Waals surface area contributed by atoms with E-state index in [4.69, 9.17) is 4.42 Å². The monoisotopic (exact) mass is 317 g/mol. The van der Waals surface area contributed by atoms with E-state index in [1.807, 2.05) is 66.7 Å². The summed E-state index contributed by atoms with van der Waals surface area (Å²) in [7, 11) is 0. The Morgan fingerprint density at radius 1 is 0.833 bits per heavy atom. The molecular weight excluding hydrogens is 304 g/mol. The van der Waals surface area contributed by atoms with Crippen LogP contribution in [0.1, 0.15) is 0 Å². The fraction of sp³-hybridized carbons (Fsp3) is 0. The van der Waals surface area contributed by atoms with Crippen molar-refractivity contribution in [2.24, 2.45) is 0 Å². The molecule has 4 rings (SSSR count). The number of benzene rings is 2. The van der Waals surface area contributed by atoms with Crippen molar-refractivity contribution in [3.8, 4) is 33.9 Å². The van der Waals surface area contributed by atoms with Crippen LogP contribution in [0, 0.1) is 0 Å². The number of fused-ring (bicyclic) bond motifs is 1. The van der Waals surface area contributed by atoms with Crippen LogP contribution in [0.4, 0.5) is 0 Å². The molecule has 5 nitrogen and oxygen atoms in total. The van der Waals surface area contributed by atoms with Crippen LogP contribution in [0.2, 0.25) is 0 Å². The first-order chi connectivity index (χ1) is 11.7. The largest absolute Gasteiger partial charge is 0.499 e. The van der Waals surface area contributed by atoms with Crippen LogP contribution in [-0.4, -0.2) is 4.98 Å². The molecule has 0 saturated carbocycles. The first-order valence-corrected chi connectivity index (χ1v) is 7.47. The highest BCUT2D eigenvalue weighted by atomic mass is 16.3. The second kappa shape index (κ2) is 5.62. The Bertz CT molecular complexity index is 1080. The molecule has 2 aromatic rings. The summed E-state index contributed by atoms with van der Waals surface area (Å²) < 4.78 is 5.80. The summed E-state index contributed by atoms with van der Waals surface area (Å²) in [4.78, 5) is 28.8. The van der Waals surface area contributed by atoms with Gasteiger partial charge in [0, 0.05) is 11.1 Å². The molecule has 116 valence electrons. The molecule has 0 fully saturated rings. The normalized spacial score (nSPS) is 10.8. The summed E-state index contributed by atoms with van der Waals surface area (Å²) in [6, 6.07) is 20.9. The molecule has 0 amide bonds. The van der Waals surface area contributed by atoms with Gasteiger partial charge >= 0.3 is 17.1 Å². The molecule has 2 aliphatic heterocycles. The van der Waals surface area contributed by atoms with E-state index < -0.39 is 11.2 Å². The Kier molecular flexibility index (Phi) is 3.31. The molecule has 0 aromatic heterocycles. The first kappa shape index (κ1) is 14.1. The third-order valence-corrected chi connectivity index (χ3v) is 3.81. The lowest BCUT2D eigenvalue weighted by atomic mass is 9.99. The summed E-state index contributed by atoms with van der Waals surface area (Å²) in [6.45, 7) is 0. The highest BCUT2D eigenvalue weighted by Crippen LogP contribution is 2.33. The van der Waals surface area contributed by atoms with Crippen molar-refractivity contribution in [1.29, 1.82) is 0 Å². The SMILES string of the molecule is O=c1[nH]c(=O)c2c(-c3ccccc3)cc(-c3ccccc3)oc-2[nH+]1. The lowest BCUT2D eigenvalue weighted by molar-refractivity contribution is -0.403. The summed E-state index contributed by atoms with van der Waals surface area (Å²) in [5.41, 5.74) is 1.68. The number of hydrogen-bond donors (Lipinski definition) is 1. The van der Waals surface area contributed by atoms with Crippen molar-refractivity contribution in [2.75, 3.05) is 0 Å². The van der Waals surface area contributed by atoms with Crippen LogP contribution in [-0.2, 0) is 0 Å². The third-order valence-electron chi connectivity index (χ3n) is 3.81. The second-order valence-electron chi connectivity index (χ2n) is 5.37. The fourth-order valence-electron chi connectivity index (χ4n) is 2.72. The van der Waals surface area contributed by atoms with Crippen LogP contribution in [0.5, 0.6) is 0 Å². The third kappa shape index (κ3) is 2.42. The summed E-state index contributed by atoms with van der Waals surface area (Å²) >= 11 is 0. The Morgan fingerprint density at radius 3 is 2.12 bits per heavy atom. The van der Waals surface area contributed by atoms with Gasteiger partial charge in [-0.05, 0) is 11.6 Å². The lowest BCUT2D eigenvalue weighted by Crippen LogP contribution is -2.38. The van der Waals surface area contributed by atoms with Crippen LogP contribution in [0.15, 0.2) is 80.7 Å². The van der Waals surface area contributed by atoms with E-state index in [-0.39, 0.29) is 5.89 Å². The Labute approximate surface area is 136 Å². The van der Waals surface area contributed by atoms with Crippen molar-refractivity contribution in [3.05, 3.63) is 87.6 Å². The summed E-state index contributed by atoms with van der Waals surface area (Å²) in [5.74, 6) is 0.729. The molecule has 5 heteroatoms. The van der Waals surface area contributed by atoms with Crippen molar-refractivity contribution in [2.45, 2.75) is 0 Å². The van der Waals surface area contributed by atoms with Crippen molar-refractivity contribution in [3.63, 3.8) is 0 Å². The molecule has 2 aliphatic rings. The van der Waals surface area contributed by atoms with Gasteiger partial charge in [-0.15, -0.1) is 0 Å². The van der Waals surface area contributed by atoms with Gasteiger partial charge in [0.2, 0.25) is 0 Å². The number of aromatic amines is 2. The average Bonchev–Trinajstić information content (AvgIpc) is 2.62. The van der Waals surface area contributed by atoms with Crippen molar-refractivity contribution in [1.82, 2.24) is 4.98 Å². The predicted octanol–water partition coefficient (Wildman–Crippen LogP) is 2.58. The molecule has 0 atom stereocenters. The van der Waals surface area contributed by atoms with E-state index in [1.165, 1.54) is 0 Å². The minimum absolute atomic E-state index is 0.156. The Morgan fingerprint density at radius 2 is 1.46 bits per heavy atom. The molecular formula is C19H13N2O3+. The van der Waals surface area contributed by atoms with Crippen LogP contribution in [0.3, 0.4) is 0 Å². The van der Waals surface area contributed by atoms with E-state index in [0.717, 1.165) is 11.1 Å². The van der Waals surface area contributed by atoms with Gasteiger partial charge in [0.1, 0.15) is 5.76 Å². The lowest BCUT2D eigenvalue weighted by Gasteiger charge is -2.10. The second-order valence-corrected chi connectivity index (χ2v) is 5.37. The number of aromatic nitrogens is 2. The van der Waals surface area contributed by atoms with E-state index in [1.54, 1.807) is 0 Å². The van der Waals surface area contributed by atoms with E-state index in [0.29, 0.717) is 16.9 Å². The van der Waals surface area contributed by atoms with Gasteiger partial charge in [0.05, 0.1) is 0 Å². The van der Waals surface area contributed by atoms with Gasteiger partial charge in [0.15, 0.2) is 5.56 Å². The van der Waals surface area contributed by atoms with E-state index >= 15 is 0 Å². The Balaban J connectivity index is 2.10. The average molecular weight is 317 g/mol. The number of rotatable bonds is 2. The minimum Gasteiger partial charge on any atom is -0.422 e. The van der Waals surface area contributed by atoms with Gasteiger partial charge in [-0.1, -0.05) is 60.7 Å². The van der Waals surface area contributed by atoms with E-state index in [2.05, 4.69) is 9.97 Å². The van der Waals surface area contributed by atoms with Crippen molar-refractivity contribution >= 4 is 0 Å². The van der Waals surface area contributed by atoms with Crippen LogP contribution in [0.25, 0.3) is 33.9 Å². The molecule has 24 heavy (non-hydrogen) atoms. The molecule has 0 saturated heterocycles. The molecule has 0 bridgehead atoms. The number of H-pyrrole nitrogens is 2. The minimum atomic E-state index is -0.597. The maximum atomic E-state index is 12.3. The molecule has 2 N–H and O–H groups in total. The maximum Gasteiger partial charge on any atom is 0.499 e. The molecule has 0 aliphatic carbocycles. The molecule has 0 unspecified atom stereocenters. The fourth-order valence-corrected chi connectivity index (χ4v) is 2.72. The molecule has 2 aromatic carbocycles. The maximum absolute atomic E-state index is 12.3. The number of hydrogen-bond acceptors (Lipinski definition) is 3. The van der Waals surface area contributed by atoms with Crippen molar-refractivity contribution < 1.29 is 9.40 Å². The van der Waals surface area contributed by atoms with Gasteiger partial charge in [-0.3, -0.25) is 0 Å². The quantitative estimate of drug-likeness (QED) is 0.617. The van der Waals surface area contributed by atoms with Gasteiger partial charge in [-0.25, -0.2) is 4.79 Å². The van der Waals surface area contributed by atoms with Gasteiger partial charge in [-0.2, -0.15) is 14.8 Å². The smallest absolute Gasteiger partial charge is 0.422 e. The first-order valence-electron chi connectivity index (χ1n) is 7.47. The van der Waals surface area contributed by atoms with Gasteiger partial charge in [0.25, 0.3) is 0 Å².